The van der Waals surface area contributed by atoms with E-state index in [0.29, 0.717) is 24.2 Å². The summed E-state index contributed by atoms with van der Waals surface area (Å²) >= 11 is 6.05. The number of sulfonamides is 1. The molecule has 1 aliphatic rings. The molecule has 3 aromatic carbocycles. The van der Waals surface area contributed by atoms with Gasteiger partial charge in [-0.25, -0.2) is 13.2 Å². The van der Waals surface area contributed by atoms with E-state index in [4.69, 9.17) is 21.4 Å². The number of halogens is 1. The Kier molecular flexibility index (Phi) is 6.73. The molecule has 1 aliphatic heterocycles. The molecular formula is C24H19ClN2O7S. The van der Waals surface area contributed by atoms with Crippen LogP contribution in [0.3, 0.4) is 0 Å². The van der Waals surface area contributed by atoms with Crippen LogP contribution in [0, 0.1) is 12.1 Å². The molecule has 9 nitrogen and oxygen atoms in total. The highest BCUT2D eigenvalue weighted by Crippen LogP contribution is 2.37. The Morgan fingerprint density at radius 3 is 2.51 bits per heavy atom. The molecule has 3 aromatic rings. The van der Waals surface area contributed by atoms with Crippen LogP contribution in [0.1, 0.15) is 16.8 Å². The van der Waals surface area contributed by atoms with Crippen LogP contribution in [0.5, 0.6) is 11.5 Å². The lowest BCUT2D eigenvalue weighted by Gasteiger charge is -2.31. The number of aromatic hydroxyl groups is 1. The molecule has 1 heterocycles. The van der Waals surface area contributed by atoms with Crippen molar-refractivity contribution in [1.82, 2.24) is 4.90 Å². The second-order valence-corrected chi connectivity index (χ2v) is 9.73. The molecule has 0 spiro atoms. The first-order chi connectivity index (χ1) is 16.7. The average molecular weight is 515 g/mol. The summed E-state index contributed by atoms with van der Waals surface area (Å²) in [5.74, 6) is -2.43. The summed E-state index contributed by atoms with van der Waals surface area (Å²) in [4.78, 5) is 24.5. The zero-order valence-electron chi connectivity index (χ0n) is 18.1. The van der Waals surface area contributed by atoms with Gasteiger partial charge < -0.3 is 19.8 Å². The van der Waals surface area contributed by atoms with E-state index < -0.39 is 39.2 Å². The molecule has 11 heteroatoms. The minimum Gasteiger partial charge on any atom is -0.505 e. The minimum absolute atomic E-state index is 0.0139. The fourth-order valence-electron chi connectivity index (χ4n) is 3.39. The van der Waals surface area contributed by atoms with Gasteiger partial charge in [0, 0.05) is 18.7 Å². The number of ether oxygens (including phenoxy) is 1. The van der Waals surface area contributed by atoms with Crippen molar-refractivity contribution in [3.8, 4) is 22.6 Å². The van der Waals surface area contributed by atoms with E-state index in [1.165, 1.54) is 23.1 Å². The topological polar surface area (TPSA) is 133 Å². The molecule has 1 saturated heterocycles. The van der Waals surface area contributed by atoms with Crippen LogP contribution in [0.15, 0.2) is 53.4 Å². The van der Waals surface area contributed by atoms with Crippen molar-refractivity contribution in [2.75, 3.05) is 24.4 Å². The molecule has 0 bridgehead atoms. The predicted molar refractivity (Wildman–Crippen MR) is 127 cm³/mol. The van der Waals surface area contributed by atoms with Crippen molar-refractivity contribution >= 4 is 39.2 Å². The highest BCUT2D eigenvalue weighted by atomic mass is 35.5. The summed E-state index contributed by atoms with van der Waals surface area (Å²) in [7, 11) is -4.49. The smallest absolute Gasteiger partial charge is 0.341 e. The van der Waals surface area contributed by atoms with E-state index in [1.807, 2.05) is 0 Å². The van der Waals surface area contributed by atoms with Gasteiger partial charge in [0.05, 0.1) is 10.7 Å². The molecule has 0 aliphatic carbocycles. The number of nitrogens with one attached hydrogen (secondary N) is 1. The predicted octanol–water partition coefficient (Wildman–Crippen LogP) is 3.42. The van der Waals surface area contributed by atoms with E-state index in [0.717, 1.165) is 12.5 Å². The van der Waals surface area contributed by atoms with Crippen molar-refractivity contribution < 1.29 is 33.0 Å². The number of rotatable bonds is 8. The summed E-state index contributed by atoms with van der Waals surface area (Å²) in [5.41, 5.74) is 1.22. The largest absolute Gasteiger partial charge is 0.505 e. The van der Waals surface area contributed by atoms with Gasteiger partial charge >= 0.3 is 5.97 Å². The molecule has 4 rings (SSSR count). The number of amides is 1. The third-order valence-electron chi connectivity index (χ3n) is 5.27. The Morgan fingerprint density at radius 1 is 1.11 bits per heavy atom. The van der Waals surface area contributed by atoms with E-state index in [2.05, 4.69) is 16.9 Å². The standard InChI is InChI=1S/C24H19ClN2O7S/c25-18-11-17(24(31)27-9-4-10-27)13-21(23(18)30)35(32,33)26-19-12-16(15-5-2-1-3-6-15)7-8-20(19)34-14-22(28)29/h2,5-8,11-13,26,30H,4,9-10,14H2,(H,28,29). The van der Waals surface area contributed by atoms with Crippen molar-refractivity contribution in [3.05, 3.63) is 71.2 Å². The van der Waals surface area contributed by atoms with Gasteiger partial charge in [0.25, 0.3) is 15.9 Å². The lowest BCUT2D eigenvalue weighted by molar-refractivity contribution is -0.139. The Morgan fingerprint density at radius 2 is 1.89 bits per heavy atom. The number of carbonyl (C=O) groups is 2. The number of benzene rings is 2. The molecule has 35 heavy (non-hydrogen) atoms. The van der Waals surface area contributed by atoms with Gasteiger partial charge in [0.2, 0.25) is 0 Å². The Labute approximate surface area is 206 Å². The third kappa shape index (κ3) is 5.26. The number of carboxylic acid groups (broad SMARTS) is 1. The fraction of sp³-hybridized carbons (Fsp3) is 0.167. The van der Waals surface area contributed by atoms with E-state index in [9.17, 15) is 23.1 Å². The van der Waals surface area contributed by atoms with E-state index in [1.54, 1.807) is 24.3 Å². The van der Waals surface area contributed by atoms with Gasteiger partial charge in [-0.2, -0.15) is 0 Å². The van der Waals surface area contributed by atoms with Gasteiger partial charge in [-0.15, -0.1) is 0 Å². The third-order valence-corrected chi connectivity index (χ3v) is 6.94. The maximum atomic E-state index is 13.3. The Balaban J connectivity index is 1.74. The first-order valence-corrected chi connectivity index (χ1v) is 12.2. The highest BCUT2D eigenvalue weighted by Gasteiger charge is 2.28. The monoisotopic (exact) mass is 514 g/mol. The van der Waals surface area contributed by atoms with Crippen LogP contribution in [-0.4, -0.2) is 55.1 Å². The number of nitrogens with zero attached hydrogens (tertiary/aromatic N) is 1. The van der Waals surface area contributed by atoms with Crippen LogP contribution >= 0.6 is 11.6 Å². The zero-order valence-corrected chi connectivity index (χ0v) is 19.7. The van der Waals surface area contributed by atoms with Gasteiger partial charge in [0.15, 0.2) is 12.4 Å². The van der Waals surface area contributed by atoms with Gasteiger partial charge in [-0.3, -0.25) is 9.52 Å². The maximum Gasteiger partial charge on any atom is 0.341 e. The maximum absolute atomic E-state index is 13.3. The molecule has 3 N–H and O–H groups in total. The first kappa shape index (κ1) is 24.2. The second-order valence-electron chi connectivity index (χ2n) is 7.67. The lowest BCUT2D eigenvalue weighted by atomic mass is 10.1. The number of anilines is 1. The molecule has 0 aromatic heterocycles. The first-order valence-electron chi connectivity index (χ1n) is 10.4. The number of carboxylic acids is 1. The van der Waals surface area contributed by atoms with Gasteiger partial charge in [-0.1, -0.05) is 29.8 Å². The molecule has 0 radical (unpaired) electrons. The summed E-state index contributed by atoms with van der Waals surface area (Å²) in [6.07, 6.45) is 0.844. The second kappa shape index (κ2) is 9.74. The Bertz CT molecular complexity index is 1390. The SMILES string of the molecule is O=C(O)COc1ccc(-c2cc#ccc2)cc1NS(=O)(=O)c1cc(C(=O)N2CCC2)cc(Cl)c1O. The van der Waals surface area contributed by atoms with Crippen LogP contribution in [0.4, 0.5) is 5.69 Å². The molecule has 0 saturated carbocycles. The molecule has 0 unspecified atom stereocenters. The van der Waals surface area contributed by atoms with Crippen molar-refractivity contribution in [2.45, 2.75) is 11.3 Å². The van der Waals surface area contributed by atoms with Crippen molar-refractivity contribution in [2.24, 2.45) is 0 Å². The summed E-state index contributed by atoms with van der Waals surface area (Å²) in [6, 6.07) is 17.3. The highest BCUT2D eigenvalue weighted by molar-refractivity contribution is 7.92. The van der Waals surface area contributed by atoms with Gasteiger partial charge in [0.1, 0.15) is 10.6 Å². The number of hydrogen-bond donors (Lipinski definition) is 3. The summed E-state index contributed by atoms with van der Waals surface area (Å²) in [6.45, 7) is 0.381. The fourth-order valence-corrected chi connectivity index (χ4v) is 4.87. The normalized spacial score (nSPS) is 12.9. The van der Waals surface area contributed by atoms with Crippen LogP contribution < -0.4 is 9.46 Å². The summed E-state index contributed by atoms with van der Waals surface area (Å²) < 4.78 is 34.2. The number of phenolic OH excluding ortho intramolecular Hbond substituents is 1. The molecule has 0 atom stereocenters. The Hall–Kier alpha value is -3.94. The van der Waals surface area contributed by atoms with Crippen molar-refractivity contribution in [1.29, 1.82) is 0 Å². The number of phenols is 1. The number of aliphatic carboxylic acids is 1. The van der Waals surface area contributed by atoms with Crippen LogP contribution in [0.25, 0.3) is 11.1 Å². The molecule has 1 fully saturated rings. The van der Waals surface area contributed by atoms with Crippen LogP contribution in [0.2, 0.25) is 5.02 Å². The van der Waals surface area contributed by atoms with Crippen LogP contribution in [-0.2, 0) is 14.8 Å². The number of likely N-dealkylation sites (tertiary alicyclic amines) is 1. The lowest BCUT2D eigenvalue weighted by Crippen LogP contribution is -2.42. The quantitative estimate of drug-likeness (QED) is 0.419. The summed E-state index contributed by atoms with van der Waals surface area (Å²) in [5, 5.41) is 19.1. The average Bonchev–Trinajstić information content (AvgIpc) is 2.78. The number of carbonyl (C=O) groups excluding carboxylic acids is 1. The molecule has 1 amide bonds. The molecule has 180 valence electrons. The van der Waals surface area contributed by atoms with E-state index >= 15 is 0 Å². The zero-order chi connectivity index (χ0) is 25.2. The minimum atomic E-state index is -4.49. The van der Waals surface area contributed by atoms with Crippen molar-refractivity contribution in [3.63, 3.8) is 0 Å². The van der Waals surface area contributed by atoms with Gasteiger partial charge in [-0.05, 0) is 60.0 Å². The number of hydrogen-bond acceptors (Lipinski definition) is 6. The molecular weight excluding hydrogens is 496 g/mol. The van der Waals surface area contributed by atoms with E-state index in [-0.39, 0.29) is 22.0 Å².